The number of ketones is 2. The molecule has 158 valence electrons. The van der Waals surface area contributed by atoms with Gasteiger partial charge < -0.3 is 0 Å². The zero-order valence-electron chi connectivity index (χ0n) is 17.3. The predicted molar refractivity (Wildman–Crippen MR) is 123 cm³/mol. The van der Waals surface area contributed by atoms with Gasteiger partial charge in [0.1, 0.15) is 5.92 Å². The zero-order chi connectivity index (χ0) is 22.9. The number of rotatable bonds is 9. The van der Waals surface area contributed by atoms with Gasteiger partial charge in [0.25, 0.3) is 0 Å². The molecule has 0 bridgehead atoms. The number of carbonyl (C=O) groups is 2. The summed E-state index contributed by atoms with van der Waals surface area (Å²) in [5.41, 5.74) is 1.80. The van der Waals surface area contributed by atoms with Crippen LogP contribution in [0.3, 0.4) is 0 Å². The van der Waals surface area contributed by atoms with Crippen LogP contribution in [0.4, 0.5) is 0 Å². The fraction of sp³-hybridized carbons (Fsp3) is 0.185. The van der Waals surface area contributed by atoms with E-state index in [1.54, 1.807) is 72.8 Å². The van der Waals surface area contributed by atoms with Crippen molar-refractivity contribution in [3.8, 4) is 12.1 Å². The molecule has 0 amide bonds. The molecule has 0 aromatic heterocycles. The topological polar surface area (TPSA) is 81.7 Å². The number of carbonyl (C=O) groups excluding carboxylic acids is 2. The van der Waals surface area contributed by atoms with Crippen molar-refractivity contribution in [2.24, 2.45) is 11.8 Å². The molecule has 0 spiro atoms. The number of hydrogen-bond acceptors (Lipinski definition) is 4. The first-order chi connectivity index (χ1) is 15.5. The van der Waals surface area contributed by atoms with Crippen LogP contribution in [0.5, 0.6) is 0 Å². The molecule has 0 aliphatic rings. The van der Waals surface area contributed by atoms with E-state index in [0.717, 1.165) is 5.56 Å². The normalized spacial score (nSPS) is 12.4. The molecule has 3 rings (SSSR count). The Kier molecular flexibility index (Phi) is 7.92. The molecular weight excluding hydrogens is 420 g/mol. The highest BCUT2D eigenvalue weighted by Crippen LogP contribution is 2.36. The van der Waals surface area contributed by atoms with Gasteiger partial charge in [-0.1, -0.05) is 84.4 Å². The largest absolute Gasteiger partial charge is 0.294 e. The molecule has 0 aliphatic heterocycles. The van der Waals surface area contributed by atoms with E-state index < -0.39 is 17.8 Å². The zero-order valence-corrected chi connectivity index (χ0v) is 18.1. The van der Waals surface area contributed by atoms with Gasteiger partial charge in [0.15, 0.2) is 11.6 Å². The van der Waals surface area contributed by atoms with Crippen molar-refractivity contribution in [3.05, 3.63) is 107 Å². The van der Waals surface area contributed by atoms with Crippen LogP contribution in [0.2, 0.25) is 5.02 Å². The molecule has 3 aromatic rings. The Balaban J connectivity index is 2.06. The monoisotopic (exact) mass is 440 g/mol. The molecule has 2 atom stereocenters. The summed E-state index contributed by atoms with van der Waals surface area (Å²) in [5, 5.41) is 19.4. The third-order valence-electron chi connectivity index (χ3n) is 5.48. The number of halogens is 1. The van der Waals surface area contributed by atoms with E-state index in [4.69, 9.17) is 11.6 Å². The summed E-state index contributed by atoms with van der Waals surface area (Å²) in [6.45, 7) is 0. The van der Waals surface area contributed by atoms with Gasteiger partial charge >= 0.3 is 0 Å². The molecule has 0 fully saturated rings. The van der Waals surface area contributed by atoms with Gasteiger partial charge in [-0.25, -0.2) is 0 Å². The van der Waals surface area contributed by atoms with Gasteiger partial charge in [-0.3, -0.25) is 9.59 Å². The maximum Gasteiger partial charge on any atom is 0.166 e. The summed E-state index contributed by atoms with van der Waals surface area (Å²) in [7, 11) is 0. The third-order valence-corrected chi connectivity index (χ3v) is 5.73. The van der Waals surface area contributed by atoms with Gasteiger partial charge in [0.05, 0.1) is 12.1 Å². The summed E-state index contributed by atoms with van der Waals surface area (Å²) in [4.78, 5) is 26.7. The van der Waals surface area contributed by atoms with E-state index in [9.17, 15) is 20.1 Å². The molecule has 0 saturated heterocycles. The minimum Gasteiger partial charge on any atom is -0.294 e. The molecule has 4 nitrogen and oxygen atoms in total. The molecule has 3 aromatic carbocycles. The number of Topliss-reactive ketones (excluding diaryl/α,β-unsaturated/α-hetero) is 2. The van der Waals surface area contributed by atoms with Crippen LogP contribution in [0, 0.1) is 34.5 Å². The second-order valence-electron chi connectivity index (χ2n) is 7.53. The fourth-order valence-corrected chi connectivity index (χ4v) is 3.93. The standard InChI is InChI=1S/C27H21ClN2O2/c28-23-13-11-20(12-14-23)24(16-26(31)21-7-3-1-4-8-21)25(15-19(17-29)18-30)27(32)22-9-5-2-6-10-22/h1-14,19,24-25H,15-16H2. The number of benzene rings is 3. The lowest BCUT2D eigenvalue weighted by molar-refractivity contribution is 0.0864. The molecule has 0 saturated carbocycles. The minimum atomic E-state index is -0.964. The van der Waals surface area contributed by atoms with Crippen molar-refractivity contribution in [3.63, 3.8) is 0 Å². The molecular formula is C27H21ClN2O2. The Morgan fingerprint density at radius 3 is 1.84 bits per heavy atom. The van der Waals surface area contributed by atoms with Crippen molar-refractivity contribution < 1.29 is 9.59 Å². The third kappa shape index (κ3) is 5.70. The van der Waals surface area contributed by atoms with Crippen molar-refractivity contribution in [1.29, 1.82) is 10.5 Å². The predicted octanol–water partition coefficient (Wildman–Crippen LogP) is 6.25. The van der Waals surface area contributed by atoms with Crippen molar-refractivity contribution >= 4 is 23.2 Å². The molecule has 0 aliphatic carbocycles. The average molecular weight is 441 g/mol. The molecule has 0 N–H and O–H groups in total. The van der Waals surface area contributed by atoms with Gasteiger partial charge in [0, 0.05) is 34.4 Å². The molecule has 0 heterocycles. The van der Waals surface area contributed by atoms with Gasteiger partial charge in [-0.2, -0.15) is 10.5 Å². The first-order valence-corrected chi connectivity index (χ1v) is 10.6. The summed E-state index contributed by atoms with van der Waals surface area (Å²) in [6.07, 6.45) is 0.106. The highest BCUT2D eigenvalue weighted by Gasteiger charge is 2.34. The summed E-state index contributed by atoms with van der Waals surface area (Å²) < 4.78 is 0. The van der Waals surface area contributed by atoms with Crippen LogP contribution in [0.25, 0.3) is 0 Å². The Labute approximate surface area is 192 Å². The lowest BCUT2D eigenvalue weighted by Crippen LogP contribution is -2.27. The van der Waals surface area contributed by atoms with E-state index in [1.165, 1.54) is 0 Å². The molecule has 0 radical (unpaired) electrons. The van der Waals surface area contributed by atoms with Crippen molar-refractivity contribution in [1.82, 2.24) is 0 Å². The SMILES string of the molecule is N#CC(C#N)CC(C(=O)c1ccccc1)C(CC(=O)c1ccccc1)c1ccc(Cl)cc1. The first-order valence-electron chi connectivity index (χ1n) is 10.3. The summed E-state index contributed by atoms with van der Waals surface area (Å²) in [6, 6.07) is 28.6. The lowest BCUT2D eigenvalue weighted by Gasteiger charge is -2.27. The summed E-state index contributed by atoms with van der Waals surface area (Å²) in [5.74, 6) is -2.51. The van der Waals surface area contributed by atoms with E-state index in [0.29, 0.717) is 16.1 Å². The Morgan fingerprint density at radius 2 is 1.31 bits per heavy atom. The van der Waals surface area contributed by atoms with E-state index in [2.05, 4.69) is 0 Å². The Hall–Kier alpha value is -3.73. The highest BCUT2D eigenvalue weighted by atomic mass is 35.5. The van der Waals surface area contributed by atoms with Crippen LogP contribution >= 0.6 is 11.6 Å². The first kappa shape index (κ1) is 22.9. The average Bonchev–Trinajstić information content (AvgIpc) is 2.85. The highest BCUT2D eigenvalue weighted by molar-refractivity contribution is 6.30. The Bertz CT molecular complexity index is 1130. The minimum absolute atomic E-state index is 0.0378. The van der Waals surface area contributed by atoms with Gasteiger partial charge in [-0.15, -0.1) is 0 Å². The molecule has 2 unspecified atom stereocenters. The van der Waals surface area contributed by atoms with Crippen LogP contribution in [-0.2, 0) is 0 Å². The maximum absolute atomic E-state index is 13.6. The van der Waals surface area contributed by atoms with Crippen LogP contribution in [-0.4, -0.2) is 11.6 Å². The summed E-state index contributed by atoms with van der Waals surface area (Å²) >= 11 is 6.07. The second kappa shape index (κ2) is 11.0. The quantitative estimate of drug-likeness (QED) is 0.368. The number of hydrogen-bond donors (Lipinski definition) is 0. The van der Waals surface area contributed by atoms with E-state index >= 15 is 0 Å². The smallest absolute Gasteiger partial charge is 0.166 e. The fourth-order valence-electron chi connectivity index (χ4n) is 3.80. The second-order valence-corrected chi connectivity index (χ2v) is 7.97. The van der Waals surface area contributed by atoms with E-state index in [-0.39, 0.29) is 24.4 Å². The van der Waals surface area contributed by atoms with Crippen LogP contribution in [0.1, 0.15) is 45.0 Å². The van der Waals surface area contributed by atoms with E-state index in [1.807, 2.05) is 24.3 Å². The lowest BCUT2D eigenvalue weighted by atomic mass is 9.74. The maximum atomic E-state index is 13.6. The van der Waals surface area contributed by atoms with Crippen molar-refractivity contribution in [2.75, 3.05) is 0 Å². The van der Waals surface area contributed by atoms with Gasteiger partial charge in [-0.05, 0) is 24.1 Å². The van der Waals surface area contributed by atoms with Gasteiger partial charge in [0.2, 0.25) is 0 Å². The Morgan fingerprint density at radius 1 is 0.781 bits per heavy atom. The number of nitriles is 2. The molecule has 5 heteroatoms. The van der Waals surface area contributed by atoms with Crippen LogP contribution in [0.15, 0.2) is 84.9 Å². The number of nitrogens with zero attached hydrogens (tertiary/aromatic N) is 2. The molecule has 32 heavy (non-hydrogen) atoms. The van der Waals surface area contributed by atoms with Crippen LogP contribution < -0.4 is 0 Å². The van der Waals surface area contributed by atoms with Crippen molar-refractivity contribution in [2.45, 2.75) is 18.8 Å².